The van der Waals surface area contributed by atoms with Crippen molar-refractivity contribution in [2.24, 2.45) is 4.99 Å². The average Bonchev–Trinajstić information content (AvgIpc) is 2.46. The van der Waals surface area contributed by atoms with Crippen molar-refractivity contribution in [3.05, 3.63) is 61.4 Å². The van der Waals surface area contributed by atoms with Crippen LogP contribution in [-0.2, 0) is 0 Å². The quantitative estimate of drug-likeness (QED) is 0.681. The molecule has 0 aromatic carbocycles. The molecule has 100 valence electrons. The van der Waals surface area contributed by atoms with Crippen molar-refractivity contribution in [3.63, 3.8) is 0 Å². The van der Waals surface area contributed by atoms with E-state index >= 15 is 0 Å². The Morgan fingerprint density at radius 1 is 0.889 bits per heavy atom. The van der Waals surface area contributed by atoms with Gasteiger partial charge in [0.15, 0.2) is 0 Å². The first-order valence-electron chi connectivity index (χ1n) is 6.22. The largest absolute Gasteiger partial charge is 0.362 e. The molecule has 2 aliphatic rings. The van der Waals surface area contributed by atoms with E-state index in [1.165, 1.54) is 0 Å². The Morgan fingerprint density at radius 2 is 1.50 bits per heavy atom. The summed E-state index contributed by atoms with van der Waals surface area (Å²) in [5.41, 5.74) is 0.947. The van der Waals surface area contributed by atoms with Crippen molar-refractivity contribution in [1.82, 2.24) is 10.6 Å². The van der Waals surface area contributed by atoms with Crippen LogP contribution in [0.5, 0.6) is 0 Å². The first-order valence-corrected chi connectivity index (χ1v) is 6.22. The number of allylic oxidation sites excluding steroid dienone is 4. The lowest BCUT2D eigenvalue weighted by Gasteiger charge is -1.99. The third kappa shape index (κ3) is 12.0. The highest BCUT2D eigenvalue weighted by Gasteiger charge is 1.83. The van der Waals surface area contributed by atoms with Crippen molar-refractivity contribution in [3.8, 4) is 0 Å². The first-order chi connectivity index (χ1) is 8.79. The maximum Gasteiger partial charge on any atom is 0.122 e. The molecule has 0 saturated carbocycles. The monoisotopic (exact) mass is 247 g/mol. The Hall–Kier alpha value is -2.03. The van der Waals surface area contributed by atoms with E-state index < -0.39 is 0 Å². The normalized spacial score (nSPS) is 13.8. The molecule has 0 atom stereocenters. The van der Waals surface area contributed by atoms with Crippen molar-refractivity contribution < 1.29 is 0 Å². The Balaban J connectivity index is 0. The average molecular weight is 247 g/mol. The molecule has 0 bridgehead atoms. The van der Waals surface area contributed by atoms with Crippen molar-refractivity contribution in [1.29, 1.82) is 0 Å². The standard InChI is InChI=1S/C6H7N.C5H6N2.2C2H6/c1-6-4-2-3-5-7-6;1-5-6-3-2-4-7-5;2*1-2/h2-5,7H,1H2;2-4,6H,1H2;2*1-2H3. The van der Waals surface area contributed by atoms with Gasteiger partial charge in [0.1, 0.15) is 5.82 Å². The van der Waals surface area contributed by atoms with E-state index in [9.17, 15) is 0 Å². The number of dihydropyridines is 1. The Kier molecular flexibility index (Phi) is 15.3. The molecule has 0 unspecified atom stereocenters. The maximum absolute atomic E-state index is 3.81. The number of aliphatic imine (C=N–C) groups is 1. The minimum Gasteiger partial charge on any atom is -0.362 e. The summed E-state index contributed by atoms with van der Waals surface area (Å²) in [5, 5.41) is 5.73. The summed E-state index contributed by atoms with van der Waals surface area (Å²) in [6.45, 7) is 15.2. The van der Waals surface area contributed by atoms with Gasteiger partial charge >= 0.3 is 0 Å². The van der Waals surface area contributed by atoms with Crippen LogP contribution >= 0.6 is 0 Å². The molecule has 0 aliphatic carbocycles. The number of nitrogens with one attached hydrogen (secondary N) is 2. The fraction of sp³-hybridized carbons (Fsp3) is 0.267. The molecule has 0 fully saturated rings. The zero-order valence-corrected chi connectivity index (χ0v) is 11.9. The predicted molar refractivity (Wildman–Crippen MR) is 83.2 cm³/mol. The fourth-order valence-electron chi connectivity index (χ4n) is 0.788. The summed E-state index contributed by atoms with van der Waals surface area (Å²) < 4.78 is 0. The second kappa shape index (κ2) is 15.0. The smallest absolute Gasteiger partial charge is 0.122 e. The predicted octanol–water partition coefficient (Wildman–Crippen LogP) is 3.87. The Bertz CT molecular complexity index is 300. The van der Waals surface area contributed by atoms with Gasteiger partial charge in [-0.15, -0.1) is 0 Å². The van der Waals surface area contributed by atoms with Gasteiger partial charge < -0.3 is 10.6 Å². The van der Waals surface area contributed by atoms with Crippen molar-refractivity contribution >= 4 is 6.21 Å². The van der Waals surface area contributed by atoms with E-state index in [1.54, 1.807) is 12.4 Å². The number of hydrogen-bond acceptors (Lipinski definition) is 3. The van der Waals surface area contributed by atoms with Crippen LogP contribution in [0.4, 0.5) is 0 Å². The van der Waals surface area contributed by atoms with E-state index in [0.717, 1.165) is 5.70 Å². The highest BCUT2D eigenvalue weighted by molar-refractivity contribution is 5.73. The van der Waals surface area contributed by atoms with Gasteiger partial charge in [0.2, 0.25) is 0 Å². The maximum atomic E-state index is 3.81. The Labute approximate surface area is 111 Å². The number of nitrogens with zero attached hydrogens (tertiary/aromatic N) is 1. The number of rotatable bonds is 0. The molecule has 18 heavy (non-hydrogen) atoms. The van der Waals surface area contributed by atoms with E-state index in [0.29, 0.717) is 5.82 Å². The van der Waals surface area contributed by atoms with Gasteiger partial charge in [0, 0.05) is 24.3 Å². The minimum atomic E-state index is 0.697. The lowest BCUT2D eigenvalue weighted by molar-refractivity contribution is 1.03. The van der Waals surface area contributed by atoms with Crippen LogP contribution in [0.15, 0.2) is 66.4 Å². The second-order valence-corrected chi connectivity index (χ2v) is 2.62. The molecular formula is C15H25N3. The molecule has 0 spiro atoms. The summed E-state index contributed by atoms with van der Waals surface area (Å²) in [7, 11) is 0. The summed E-state index contributed by atoms with van der Waals surface area (Å²) in [5.74, 6) is 0.697. The van der Waals surface area contributed by atoms with Gasteiger partial charge in [-0.2, -0.15) is 0 Å². The molecule has 2 aliphatic heterocycles. The summed E-state index contributed by atoms with van der Waals surface area (Å²) in [6, 6.07) is 0. The molecule has 0 aromatic rings. The summed E-state index contributed by atoms with van der Waals surface area (Å²) >= 11 is 0. The van der Waals surface area contributed by atoms with E-state index in [4.69, 9.17) is 0 Å². The molecule has 2 N–H and O–H groups in total. The SMILES string of the molecule is C=C1C=CC=CN1.C=C1N=CC=CN1.CC.CC. The molecule has 3 nitrogen and oxygen atoms in total. The minimum absolute atomic E-state index is 0.697. The molecule has 0 radical (unpaired) electrons. The molecule has 0 aromatic heterocycles. The topological polar surface area (TPSA) is 36.4 Å². The van der Waals surface area contributed by atoms with Gasteiger partial charge in [-0.3, -0.25) is 0 Å². The zero-order chi connectivity index (χ0) is 14.2. The van der Waals surface area contributed by atoms with E-state index in [1.807, 2.05) is 58.2 Å². The Morgan fingerprint density at radius 3 is 1.72 bits per heavy atom. The molecular weight excluding hydrogens is 222 g/mol. The highest BCUT2D eigenvalue weighted by Crippen LogP contribution is 1.92. The van der Waals surface area contributed by atoms with E-state index in [2.05, 4.69) is 28.8 Å². The third-order valence-electron chi connectivity index (χ3n) is 1.44. The van der Waals surface area contributed by atoms with Crippen molar-refractivity contribution in [2.75, 3.05) is 0 Å². The highest BCUT2D eigenvalue weighted by atomic mass is 15.0. The molecule has 2 heterocycles. The lowest BCUT2D eigenvalue weighted by atomic mass is 10.3. The van der Waals surface area contributed by atoms with Crippen LogP contribution in [0.25, 0.3) is 0 Å². The molecule has 2 rings (SSSR count). The van der Waals surface area contributed by atoms with Crippen molar-refractivity contribution in [2.45, 2.75) is 27.7 Å². The van der Waals surface area contributed by atoms with Gasteiger partial charge in [0.25, 0.3) is 0 Å². The van der Waals surface area contributed by atoms with E-state index in [-0.39, 0.29) is 0 Å². The van der Waals surface area contributed by atoms with Crippen LogP contribution in [-0.4, -0.2) is 6.21 Å². The second-order valence-electron chi connectivity index (χ2n) is 2.62. The van der Waals surface area contributed by atoms with Crippen LogP contribution < -0.4 is 10.6 Å². The summed E-state index contributed by atoms with van der Waals surface area (Å²) in [4.78, 5) is 3.81. The first kappa shape index (κ1) is 18.3. The molecule has 3 heteroatoms. The van der Waals surface area contributed by atoms with Gasteiger partial charge in [-0.1, -0.05) is 46.9 Å². The van der Waals surface area contributed by atoms with Gasteiger partial charge in [0.05, 0.1) is 0 Å². The zero-order valence-electron chi connectivity index (χ0n) is 11.9. The summed E-state index contributed by atoms with van der Waals surface area (Å²) in [6.07, 6.45) is 12.9. The van der Waals surface area contributed by atoms with Crippen LogP contribution in [0.2, 0.25) is 0 Å². The third-order valence-corrected chi connectivity index (χ3v) is 1.44. The fourth-order valence-corrected chi connectivity index (χ4v) is 0.788. The molecule has 0 amide bonds. The molecule has 0 saturated heterocycles. The lowest BCUT2D eigenvalue weighted by Crippen LogP contribution is -2.03. The van der Waals surface area contributed by atoms with Crippen LogP contribution in [0.1, 0.15) is 27.7 Å². The van der Waals surface area contributed by atoms with Gasteiger partial charge in [-0.25, -0.2) is 4.99 Å². The van der Waals surface area contributed by atoms with Crippen LogP contribution in [0.3, 0.4) is 0 Å². The number of hydrogen-bond donors (Lipinski definition) is 2. The van der Waals surface area contributed by atoms with Crippen LogP contribution in [0, 0.1) is 0 Å². The van der Waals surface area contributed by atoms with Gasteiger partial charge in [-0.05, 0) is 18.2 Å².